The summed E-state index contributed by atoms with van der Waals surface area (Å²) in [6.45, 7) is 7.59. The molecule has 34 heavy (non-hydrogen) atoms. The van der Waals surface area contributed by atoms with Crippen molar-refractivity contribution in [2.75, 3.05) is 4.72 Å². The molecule has 11 heteroatoms. The molecule has 0 unspecified atom stereocenters. The largest absolute Gasteiger partial charge is 0.439 e. The molecule has 0 bridgehead atoms. The van der Waals surface area contributed by atoms with Gasteiger partial charge in [0.25, 0.3) is 10.0 Å². The van der Waals surface area contributed by atoms with Crippen molar-refractivity contribution in [2.45, 2.75) is 32.6 Å². The third kappa shape index (κ3) is 4.74. The predicted octanol–water partition coefficient (Wildman–Crippen LogP) is 4.77. The lowest BCUT2D eigenvalue weighted by atomic mass is 10.2. The molecule has 0 aliphatic rings. The van der Waals surface area contributed by atoms with Gasteiger partial charge in [0, 0.05) is 17.4 Å². The number of rotatable bonds is 6. The van der Waals surface area contributed by atoms with Gasteiger partial charge in [-0.15, -0.1) is 0 Å². The second-order valence-corrected chi connectivity index (χ2v) is 9.28. The van der Waals surface area contributed by atoms with Crippen molar-refractivity contribution >= 4 is 15.7 Å². The molecule has 0 saturated carbocycles. The third-order valence-corrected chi connectivity index (χ3v) is 6.58. The maximum Gasteiger partial charge on any atom is 0.264 e. The number of benzene rings is 2. The SMILES string of the molecule is Cc1nc(Oc2ccc(NS(=O)(=O)c3cc(F)ccc3F)cc2)cc(-n2nc(C)c(C)c2C)n1. The number of nitrogens with one attached hydrogen (secondary N) is 1. The van der Waals surface area contributed by atoms with Crippen LogP contribution in [0.4, 0.5) is 14.5 Å². The molecule has 4 aromatic rings. The highest BCUT2D eigenvalue weighted by Gasteiger charge is 2.20. The normalized spacial score (nSPS) is 11.5. The number of halogens is 2. The van der Waals surface area contributed by atoms with Gasteiger partial charge in [0.05, 0.1) is 5.69 Å². The summed E-state index contributed by atoms with van der Waals surface area (Å²) in [4.78, 5) is 7.94. The zero-order valence-electron chi connectivity index (χ0n) is 18.8. The number of sulfonamides is 1. The van der Waals surface area contributed by atoms with Gasteiger partial charge in [-0.2, -0.15) is 10.1 Å². The topological polar surface area (TPSA) is 99.0 Å². The monoisotopic (exact) mass is 485 g/mol. The van der Waals surface area contributed by atoms with Gasteiger partial charge in [-0.25, -0.2) is 26.9 Å². The van der Waals surface area contributed by atoms with Gasteiger partial charge in [-0.1, -0.05) is 0 Å². The van der Waals surface area contributed by atoms with Crippen LogP contribution >= 0.6 is 0 Å². The van der Waals surface area contributed by atoms with E-state index in [1.807, 2.05) is 20.8 Å². The average Bonchev–Trinajstić information content (AvgIpc) is 3.03. The van der Waals surface area contributed by atoms with Crippen LogP contribution in [0.25, 0.3) is 5.82 Å². The molecule has 8 nitrogen and oxygen atoms in total. The Balaban J connectivity index is 1.55. The van der Waals surface area contributed by atoms with Gasteiger partial charge in [0.2, 0.25) is 5.88 Å². The Morgan fingerprint density at radius 1 is 0.941 bits per heavy atom. The summed E-state index contributed by atoms with van der Waals surface area (Å²) in [5, 5.41) is 4.51. The summed E-state index contributed by atoms with van der Waals surface area (Å²) in [5.74, 6) is -0.212. The highest BCUT2D eigenvalue weighted by atomic mass is 32.2. The van der Waals surface area contributed by atoms with Crippen molar-refractivity contribution in [3.05, 3.63) is 82.9 Å². The fraction of sp³-hybridized carbons (Fsp3) is 0.174. The van der Waals surface area contributed by atoms with E-state index in [4.69, 9.17) is 4.74 Å². The molecular weight excluding hydrogens is 464 g/mol. The molecule has 0 fully saturated rings. The molecule has 2 aromatic carbocycles. The highest BCUT2D eigenvalue weighted by molar-refractivity contribution is 7.92. The molecule has 0 spiro atoms. The van der Waals surface area contributed by atoms with Crippen molar-refractivity contribution in [3.63, 3.8) is 0 Å². The van der Waals surface area contributed by atoms with E-state index in [2.05, 4.69) is 19.8 Å². The van der Waals surface area contributed by atoms with Crippen molar-refractivity contribution in [3.8, 4) is 17.4 Å². The van der Waals surface area contributed by atoms with Gasteiger partial charge in [0.15, 0.2) is 5.82 Å². The summed E-state index contributed by atoms with van der Waals surface area (Å²) >= 11 is 0. The third-order valence-electron chi connectivity index (χ3n) is 5.18. The fourth-order valence-electron chi connectivity index (χ4n) is 3.23. The Hall–Kier alpha value is -3.86. The number of ether oxygens (including phenoxy) is 1. The minimum absolute atomic E-state index is 0.147. The Labute approximate surface area is 195 Å². The first-order valence-corrected chi connectivity index (χ1v) is 11.7. The van der Waals surface area contributed by atoms with Crippen LogP contribution in [0.3, 0.4) is 0 Å². The van der Waals surface area contributed by atoms with Crippen LogP contribution in [0.5, 0.6) is 11.6 Å². The van der Waals surface area contributed by atoms with Crippen LogP contribution in [0.2, 0.25) is 0 Å². The van der Waals surface area contributed by atoms with Crippen LogP contribution in [0, 0.1) is 39.3 Å². The summed E-state index contributed by atoms with van der Waals surface area (Å²) in [7, 11) is -4.32. The predicted molar refractivity (Wildman–Crippen MR) is 122 cm³/mol. The quantitative estimate of drug-likeness (QED) is 0.423. The zero-order chi connectivity index (χ0) is 24.6. The molecule has 0 saturated heterocycles. The molecule has 0 aliphatic carbocycles. The van der Waals surface area contributed by atoms with E-state index >= 15 is 0 Å². The van der Waals surface area contributed by atoms with E-state index < -0.39 is 26.6 Å². The highest BCUT2D eigenvalue weighted by Crippen LogP contribution is 2.26. The van der Waals surface area contributed by atoms with Gasteiger partial charge in [0.1, 0.15) is 28.1 Å². The minimum Gasteiger partial charge on any atom is -0.439 e. The van der Waals surface area contributed by atoms with Crippen molar-refractivity contribution in [2.24, 2.45) is 0 Å². The van der Waals surface area contributed by atoms with Crippen molar-refractivity contribution in [1.29, 1.82) is 0 Å². The molecule has 0 radical (unpaired) electrons. The number of nitrogens with zero attached hydrogens (tertiary/aromatic N) is 4. The van der Waals surface area contributed by atoms with Crippen LogP contribution in [0.15, 0.2) is 53.4 Å². The van der Waals surface area contributed by atoms with Crippen LogP contribution in [-0.2, 0) is 10.0 Å². The van der Waals surface area contributed by atoms with Crippen LogP contribution in [-0.4, -0.2) is 28.2 Å². The number of anilines is 1. The Kier molecular flexibility index (Phi) is 6.05. The number of aryl methyl sites for hydroxylation is 2. The molecule has 2 heterocycles. The fourth-order valence-corrected chi connectivity index (χ4v) is 4.38. The number of aromatic nitrogens is 4. The number of hydrogen-bond acceptors (Lipinski definition) is 6. The van der Waals surface area contributed by atoms with E-state index in [1.165, 1.54) is 24.3 Å². The Morgan fingerprint density at radius 3 is 2.29 bits per heavy atom. The smallest absolute Gasteiger partial charge is 0.264 e. The van der Waals surface area contributed by atoms with Gasteiger partial charge >= 0.3 is 0 Å². The molecule has 4 rings (SSSR count). The molecule has 176 valence electrons. The van der Waals surface area contributed by atoms with E-state index in [-0.39, 0.29) is 11.6 Å². The van der Waals surface area contributed by atoms with E-state index in [0.29, 0.717) is 23.5 Å². The van der Waals surface area contributed by atoms with Crippen molar-refractivity contribution in [1.82, 2.24) is 19.7 Å². The molecular formula is C23H21F2N5O3S. The Bertz CT molecular complexity index is 1490. The lowest BCUT2D eigenvalue weighted by Gasteiger charge is -2.11. The lowest BCUT2D eigenvalue weighted by molar-refractivity contribution is 0.459. The van der Waals surface area contributed by atoms with Gasteiger partial charge in [-0.3, -0.25) is 4.72 Å². The standard InChI is InChI=1S/C23H21F2N5O3S/c1-13-14(2)28-30(15(13)3)22-12-23(27-16(4)26-22)33-19-8-6-18(7-9-19)29-34(31,32)21-11-17(24)5-10-20(21)25/h5-12,29H,1-4H3. The van der Waals surface area contributed by atoms with Gasteiger partial charge < -0.3 is 4.74 Å². The van der Waals surface area contributed by atoms with E-state index in [9.17, 15) is 17.2 Å². The van der Waals surface area contributed by atoms with E-state index in [0.717, 1.165) is 29.1 Å². The lowest BCUT2D eigenvalue weighted by Crippen LogP contribution is -2.14. The molecule has 0 aliphatic heterocycles. The second-order valence-electron chi connectivity index (χ2n) is 7.63. The Morgan fingerprint density at radius 2 is 1.65 bits per heavy atom. The molecule has 0 amide bonds. The van der Waals surface area contributed by atoms with Gasteiger partial charge in [-0.05, 0) is 75.7 Å². The summed E-state index contributed by atoms with van der Waals surface area (Å²) in [5.41, 5.74) is 3.06. The average molecular weight is 486 g/mol. The maximum atomic E-state index is 13.9. The molecule has 2 aromatic heterocycles. The summed E-state index contributed by atoms with van der Waals surface area (Å²) in [6, 6.07) is 9.77. The van der Waals surface area contributed by atoms with Crippen LogP contribution in [0.1, 0.15) is 22.8 Å². The van der Waals surface area contributed by atoms with E-state index in [1.54, 1.807) is 17.7 Å². The first kappa shape index (κ1) is 23.3. The molecule has 0 atom stereocenters. The van der Waals surface area contributed by atoms with Crippen molar-refractivity contribution < 1.29 is 21.9 Å². The number of hydrogen-bond donors (Lipinski definition) is 1. The first-order chi connectivity index (χ1) is 16.0. The van der Waals surface area contributed by atoms with Crippen LogP contribution < -0.4 is 9.46 Å². The second kappa shape index (κ2) is 8.82. The zero-order valence-corrected chi connectivity index (χ0v) is 19.6. The first-order valence-electron chi connectivity index (χ1n) is 10.2. The minimum atomic E-state index is -4.32. The maximum absolute atomic E-state index is 13.9. The summed E-state index contributed by atoms with van der Waals surface area (Å²) in [6.07, 6.45) is 0. The molecule has 1 N–H and O–H groups in total. The summed E-state index contributed by atoms with van der Waals surface area (Å²) < 4.78 is 61.9.